The van der Waals surface area contributed by atoms with E-state index in [1.165, 1.54) is 0 Å². The molecule has 0 saturated carbocycles. The fourth-order valence-corrected chi connectivity index (χ4v) is 1.62. The molecule has 17 heavy (non-hydrogen) atoms. The number of amides is 2. The monoisotopic (exact) mass is 282 g/mol. The van der Waals surface area contributed by atoms with Crippen molar-refractivity contribution < 1.29 is 15.1 Å². The Bertz CT molecular complexity index is 452. The van der Waals surface area contributed by atoms with Gasteiger partial charge < -0.3 is 5.48 Å². The van der Waals surface area contributed by atoms with Crippen molar-refractivity contribution in [3.8, 4) is 0 Å². The predicted molar refractivity (Wildman–Crippen MR) is 67.0 cm³/mol. The summed E-state index contributed by atoms with van der Waals surface area (Å²) in [5.41, 5.74) is 0.460. The topological polar surface area (TPSA) is 68.9 Å². The van der Waals surface area contributed by atoms with Crippen LogP contribution in [-0.4, -0.2) is 46.8 Å². The van der Waals surface area contributed by atoms with Crippen LogP contribution in [0.15, 0.2) is 40.4 Å². The van der Waals surface area contributed by atoms with Gasteiger partial charge in [0.1, 0.15) is 10.1 Å². The number of rotatable bonds is 1. The number of halogens is 2. The second-order valence-electron chi connectivity index (χ2n) is 2.91. The summed E-state index contributed by atoms with van der Waals surface area (Å²) >= 11 is 11.2. The molecule has 2 rings (SSSR count). The van der Waals surface area contributed by atoms with Crippen LogP contribution in [0.3, 0.4) is 0 Å². The number of hydrogen-bond acceptors (Lipinski definition) is 2. The summed E-state index contributed by atoms with van der Waals surface area (Å²) < 4.78 is 0. The van der Waals surface area contributed by atoms with Crippen molar-refractivity contribution in [3.63, 3.8) is 0 Å². The van der Waals surface area contributed by atoms with E-state index in [2.05, 4.69) is 0 Å². The number of carbonyl (C=O) groups is 2. The van der Waals surface area contributed by atoms with Crippen LogP contribution >= 0.6 is 23.2 Å². The van der Waals surface area contributed by atoms with Gasteiger partial charge in [0.15, 0.2) is 0 Å². The Morgan fingerprint density at radius 3 is 1.71 bits per heavy atom. The molecule has 1 heterocycles. The number of para-hydroxylation sites is 1. The first kappa shape index (κ1) is 16.6. The molecule has 0 saturated heterocycles. The van der Waals surface area contributed by atoms with E-state index in [-0.39, 0.29) is 45.1 Å². The fourth-order valence-electron chi connectivity index (χ4n) is 1.29. The van der Waals surface area contributed by atoms with Gasteiger partial charge in [-0.2, -0.15) is 0 Å². The van der Waals surface area contributed by atoms with Crippen molar-refractivity contribution in [1.29, 1.82) is 0 Å². The van der Waals surface area contributed by atoms with E-state index >= 15 is 0 Å². The van der Waals surface area contributed by atoms with E-state index in [1.54, 1.807) is 30.3 Å². The molecular weight excluding hydrogens is 276 g/mol. The maximum Gasteiger partial charge on any atom is 0.278 e. The Hall–Kier alpha value is -0.360. The average molecular weight is 283 g/mol. The van der Waals surface area contributed by atoms with E-state index < -0.39 is 11.8 Å². The zero-order valence-electron chi connectivity index (χ0n) is 8.91. The first-order chi connectivity index (χ1) is 7.13. The maximum absolute atomic E-state index is 11.6. The Morgan fingerprint density at radius 2 is 1.29 bits per heavy atom. The molecule has 0 aliphatic carbocycles. The van der Waals surface area contributed by atoms with E-state index in [9.17, 15) is 9.59 Å². The standard InChI is InChI=1S/C10H5Cl2NO2.Na.H2O/c11-7-8(12)10(15)13(9(7)14)6-4-2-1-3-5-6;;/h1-5H;;1H2. The minimum Gasteiger partial charge on any atom is -0.412 e. The van der Waals surface area contributed by atoms with E-state index in [1.807, 2.05) is 0 Å². The number of benzene rings is 1. The minimum absolute atomic E-state index is 0. The third-order valence-electron chi connectivity index (χ3n) is 1.99. The van der Waals surface area contributed by atoms with Gasteiger partial charge in [0, 0.05) is 29.6 Å². The normalized spacial score (nSPS) is 14.6. The van der Waals surface area contributed by atoms with Crippen LogP contribution in [0.1, 0.15) is 0 Å². The number of imide groups is 1. The summed E-state index contributed by atoms with van der Waals surface area (Å²) in [5.74, 6) is -1.17. The van der Waals surface area contributed by atoms with Crippen LogP contribution in [0.4, 0.5) is 5.69 Å². The zero-order chi connectivity index (χ0) is 11.0. The van der Waals surface area contributed by atoms with E-state index in [4.69, 9.17) is 23.2 Å². The van der Waals surface area contributed by atoms with Crippen molar-refractivity contribution >= 4 is 70.3 Å². The maximum atomic E-state index is 11.6. The summed E-state index contributed by atoms with van der Waals surface area (Å²) in [6.45, 7) is 0. The number of hydrogen-bond donors (Lipinski definition) is 0. The molecule has 0 aromatic heterocycles. The first-order valence-electron chi connectivity index (χ1n) is 4.12. The number of carbonyl (C=O) groups excluding carboxylic acids is 2. The second kappa shape index (κ2) is 6.54. The first-order valence-corrected chi connectivity index (χ1v) is 4.87. The Balaban J connectivity index is 0.00000128. The molecule has 0 atom stereocenters. The van der Waals surface area contributed by atoms with Crippen LogP contribution in [0.2, 0.25) is 0 Å². The molecule has 0 bridgehead atoms. The van der Waals surface area contributed by atoms with Gasteiger partial charge in [-0.1, -0.05) is 41.4 Å². The molecule has 4 nitrogen and oxygen atoms in total. The molecule has 0 unspecified atom stereocenters. The van der Waals surface area contributed by atoms with E-state index in [0.29, 0.717) is 5.69 Å². The van der Waals surface area contributed by atoms with Crippen LogP contribution < -0.4 is 4.90 Å². The number of anilines is 1. The SMILES string of the molecule is O.O=C1C(Cl)=C(Cl)C(=O)N1c1ccccc1.[Na]. The fraction of sp³-hybridized carbons (Fsp3) is 0. The summed E-state index contributed by atoms with van der Waals surface area (Å²) in [5, 5.41) is -0.462. The van der Waals surface area contributed by atoms with Gasteiger partial charge in [0.2, 0.25) is 0 Å². The summed E-state index contributed by atoms with van der Waals surface area (Å²) in [7, 11) is 0. The van der Waals surface area contributed by atoms with Crippen LogP contribution in [-0.2, 0) is 9.59 Å². The molecule has 2 N–H and O–H groups in total. The quantitative estimate of drug-likeness (QED) is 0.571. The smallest absolute Gasteiger partial charge is 0.278 e. The largest absolute Gasteiger partial charge is 0.412 e. The molecule has 1 aromatic carbocycles. The Kier molecular flexibility index (Phi) is 6.40. The van der Waals surface area contributed by atoms with Gasteiger partial charge in [0.25, 0.3) is 11.8 Å². The molecule has 0 spiro atoms. The zero-order valence-corrected chi connectivity index (χ0v) is 12.4. The summed E-state index contributed by atoms with van der Waals surface area (Å²) in [6.07, 6.45) is 0. The van der Waals surface area contributed by atoms with Gasteiger partial charge in [-0.25, -0.2) is 4.90 Å². The Labute approximate surface area is 130 Å². The minimum atomic E-state index is -0.585. The van der Waals surface area contributed by atoms with Gasteiger partial charge in [-0.05, 0) is 12.1 Å². The molecule has 1 aliphatic rings. The Morgan fingerprint density at radius 1 is 0.882 bits per heavy atom. The van der Waals surface area contributed by atoms with Crippen molar-refractivity contribution in [1.82, 2.24) is 0 Å². The number of nitrogens with zero attached hydrogens (tertiary/aromatic N) is 1. The van der Waals surface area contributed by atoms with Gasteiger partial charge in [0.05, 0.1) is 5.69 Å². The predicted octanol–water partition coefficient (Wildman–Crippen LogP) is 1.04. The van der Waals surface area contributed by atoms with Crippen molar-refractivity contribution in [2.45, 2.75) is 0 Å². The molecule has 85 valence electrons. The summed E-state index contributed by atoms with van der Waals surface area (Å²) in [6, 6.07) is 8.49. The molecule has 1 aromatic rings. The second-order valence-corrected chi connectivity index (χ2v) is 3.67. The van der Waals surface area contributed by atoms with Crippen molar-refractivity contribution in [2.75, 3.05) is 4.90 Å². The third kappa shape index (κ3) is 2.91. The van der Waals surface area contributed by atoms with Crippen LogP contribution in [0.5, 0.6) is 0 Å². The molecule has 7 heteroatoms. The van der Waals surface area contributed by atoms with Crippen molar-refractivity contribution in [3.05, 3.63) is 40.4 Å². The molecule has 1 radical (unpaired) electrons. The molecule has 0 fully saturated rings. The average Bonchev–Trinajstić information content (AvgIpc) is 2.45. The molecule has 2 amide bonds. The molecule has 1 aliphatic heterocycles. The van der Waals surface area contributed by atoms with Crippen LogP contribution in [0, 0.1) is 0 Å². The van der Waals surface area contributed by atoms with E-state index in [0.717, 1.165) is 4.90 Å². The summed E-state index contributed by atoms with van der Waals surface area (Å²) in [4.78, 5) is 24.1. The van der Waals surface area contributed by atoms with Gasteiger partial charge >= 0.3 is 0 Å². The third-order valence-corrected chi connectivity index (χ3v) is 2.79. The van der Waals surface area contributed by atoms with Gasteiger partial charge in [-0.3, -0.25) is 9.59 Å². The van der Waals surface area contributed by atoms with Crippen LogP contribution in [0.25, 0.3) is 0 Å². The molecular formula is C10H7Cl2NNaO3. The van der Waals surface area contributed by atoms with Crippen molar-refractivity contribution in [2.24, 2.45) is 0 Å². The van der Waals surface area contributed by atoms with Gasteiger partial charge in [-0.15, -0.1) is 0 Å².